The fraction of sp³-hybridized carbons (Fsp3) is 0.333. The van der Waals surface area contributed by atoms with E-state index in [4.69, 9.17) is 4.74 Å². The number of nitrogens with one attached hydrogen (secondary N) is 2. The number of benzene rings is 2. The number of Topliss-reactive ketones (excluding diaryl/α,β-unsaturated/α-hetero) is 1. The van der Waals surface area contributed by atoms with Crippen LogP contribution in [0.5, 0.6) is 5.75 Å². The maximum Gasteiger partial charge on any atom is 0.275 e. The molecule has 0 heterocycles. The van der Waals surface area contributed by atoms with Gasteiger partial charge in [-0.2, -0.15) is 0 Å². The van der Waals surface area contributed by atoms with Crippen LogP contribution in [-0.2, 0) is 22.6 Å². The summed E-state index contributed by atoms with van der Waals surface area (Å²) in [6.07, 6.45) is 0.463. The fourth-order valence-corrected chi connectivity index (χ4v) is 2.90. The average molecular weight is 373 g/mol. The molecule has 2 rings (SSSR count). The number of rotatable bonds is 9. The van der Waals surface area contributed by atoms with Gasteiger partial charge in [0.05, 0.1) is 20.2 Å². The predicted molar refractivity (Wildman–Crippen MR) is 101 cm³/mol. The second-order valence-electron chi connectivity index (χ2n) is 6.70. The third-order valence-electron chi connectivity index (χ3n) is 4.29. The lowest BCUT2D eigenvalue weighted by molar-refractivity contribution is -0.885. The van der Waals surface area contributed by atoms with E-state index in [2.05, 4.69) is 5.32 Å². The molecule has 2 N–H and O–H groups in total. The van der Waals surface area contributed by atoms with Crippen molar-refractivity contribution in [2.24, 2.45) is 0 Å². The van der Waals surface area contributed by atoms with Crippen LogP contribution in [0.1, 0.15) is 18.1 Å². The Balaban J connectivity index is 1.90. The summed E-state index contributed by atoms with van der Waals surface area (Å²) < 4.78 is 18.7. The van der Waals surface area contributed by atoms with Crippen molar-refractivity contribution in [2.75, 3.05) is 20.7 Å². The third kappa shape index (κ3) is 6.49. The van der Waals surface area contributed by atoms with Crippen LogP contribution in [0.3, 0.4) is 0 Å². The van der Waals surface area contributed by atoms with Crippen molar-refractivity contribution < 1.29 is 23.6 Å². The van der Waals surface area contributed by atoms with Crippen LogP contribution in [0.15, 0.2) is 48.5 Å². The molecule has 0 spiro atoms. The summed E-state index contributed by atoms with van der Waals surface area (Å²) in [4.78, 5) is 25.1. The van der Waals surface area contributed by atoms with E-state index in [1.807, 2.05) is 37.4 Å². The van der Waals surface area contributed by atoms with Crippen molar-refractivity contribution in [1.29, 1.82) is 0 Å². The summed E-state index contributed by atoms with van der Waals surface area (Å²) in [5, 5.41) is 2.81. The van der Waals surface area contributed by atoms with Crippen molar-refractivity contribution >= 4 is 11.7 Å². The first-order chi connectivity index (χ1) is 12.9. The monoisotopic (exact) mass is 373 g/mol. The van der Waals surface area contributed by atoms with Crippen molar-refractivity contribution in [3.05, 3.63) is 65.5 Å². The minimum absolute atomic E-state index is 0.0814. The number of hydrogen-bond donors (Lipinski definition) is 2. The summed E-state index contributed by atoms with van der Waals surface area (Å²) in [5.74, 6) is -0.522. The molecule has 0 saturated carbocycles. The minimum atomic E-state index is -0.550. The Labute approximate surface area is 159 Å². The SMILES string of the molecule is COc1ccc(C[NH+](C)CC(=O)N[C@@H](Cc2ccccc2)C(C)=O)cc1F. The number of carbonyl (C=O) groups excluding carboxylic acids is 2. The van der Waals surface area contributed by atoms with Crippen LogP contribution in [0.25, 0.3) is 0 Å². The molecule has 2 aromatic rings. The predicted octanol–water partition coefficient (Wildman–Crippen LogP) is 1.17. The summed E-state index contributed by atoms with van der Waals surface area (Å²) in [6, 6.07) is 13.8. The molecule has 1 amide bonds. The van der Waals surface area contributed by atoms with Gasteiger partial charge in [0.25, 0.3) is 5.91 Å². The highest BCUT2D eigenvalue weighted by atomic mass is 19.1. The molecule has 5 nitrogen and oxygen atoms in total. The molecule has 0 aromatic heterocycles. The zero-order valence-electron chi connectivity index (χ0n) is 15.9. The van der Waals surface area contributed by atoms with Crippen LogP contribution in [-0.4, -0.2) is 38.4 Å². The van der Waals surface area contributed by atoms with E-state index >= 15 is 0 Å². The molecule has 2 atom stereocenters. The van der Waals surface area contributed by atoms with Gasteiger partial charge >= 0.3 is 0 Å². The molecule has 0 fully saturated rings. The van der Waals surface area contributed by atoms with E-state index < -0.39 is 11.9 Å². The molecule has 6 heteroatoms. The maximum absolute atomic E-state index is 13.8. The molecule has 1 unspecified atom stereocenters. The zero-order valence-corrected chi connectivity index (χ0v) is 15.9. The van der Waals surface area contributed by atoms with Crippen LogP contribution < -0.4 is 15.0 Å². The van der Waals surface area contributed by atoms with Gasteiger partial charge in [0.2, 0.25) is 0 Å². The molecule has 2 aromatic carbocycles. The second kappa shape index (κ2) is 9.83. The number of amides is 1. The number of ether oxygens (including phenoxy) is 1. The van der Waals surface area contributed by atoms with E-state index in [-0.39, 0.29) is 24.0 Å². The highest BCUT2D eigenvalue weighted by molar-refractivity contribution is 5.88. The quantitative estimate of drug-likeness (QED) is 0.694. The minimum Gasteiger partial charge on any atom is -0.494 e. The third-order valence-corrected chi connectivity index (χ3v) is 4.29. The molecule has 0 saturated heterocycles. The van der Waals surface area contributed by atoms with Crippen molar-refractivity contribution in [3.63, 3.8) is 0 Å². The van der Waals surface area contributed by atoms with Crippen LogP contribution >= 0.6 is 0 Å². The van der Waals surface area contributed by atoms with Gasteiger partial charge in [-0.05, 0) is 37.1 Å². The van der Waals surface area contributed by atoms with Gasteiger partial charge in [0.15, 0.2) is 23.9 Å². The average Bonchev–Trinajstić information content (AvgIpc) is 2.62. The molecule has 0 aliphatic carbocycles. The van der Waals surface area contributed by atoms with Gasteiger partial charge in [-0.15, -0.1) is 0 Å². The van der Waals surface area contributed by atoms with Gasteiger partial charge < -0.3 is 15.0 Å². The number of hydrogen-bond acceptors (Lipinski definition) is 3. The van der Waals surface area contributed by atoms with Crippen molar-refractivity contribution in [1.82, 2.24) is 5.32 Å². The Bertz CT molecular complexity index is 780. The van der Waals surface area contributed by atoms with Gasteiger partial charge in [0, 0.05) is 5.56 Å². The normalized spacial score (nSPS) is 12.9. The topological polar surface area (TPSA) is 59.8 Å². The number of likely N-dealkylation sites (N-methyl/N-ethyl adjacent to an activating group) is 1. The smallest absolute Gasteiger partial charge is 0.275 e. The maximum atomic E-state index is 13.8. The molecule has 0 bridgehead atoms. The fourth-order valence-electron chi connectivity index (χ4n) is 2.90. The molecule has 0 aliphatic heterocycles. The number of quaternary nitrogens is 1. The van der Waals surface area contributed by atoms with Crippen molar-refractivity contribution in [2.45, 2.75) is 25.9 Å². The molecule has 27 heavy (non-hydrogen) atoms. The van der Waals surface area contributed by atoms with E-state index in [1.54, 1.807) is 12.1 Å². The molecular formula is C21H26FN2O3+. The second-order valence-corrected chi connectivity index (χ2v) is 6.70. The van der Waals surface area contributed by atoms with Gasteiger partial charge in [-0.1, -0.05) is 30.3 Å². The highest BCUT2D eigenvalue weighted by Crippen LogP contribution is 2.17. The van der Waals surface area contributed by atoms with Crippen molar-refractivity contribution in [3.8, 4) is 5.75 Å². The summed E-state index contributed by atoms with van der Waals surface area (Å²) in [5.41, 5.74) is 1.76. The standard InChI is InChI=1S/C21H25FN2O3/c1-15(25)19(12-16-7-5-4-6-8-16)23-21(26)14-24(2)13-17-9-10-20(27-3)18(22)11-17/h4-11,19H,12-14H2,1-3H3,(H,23,26)/p+1/t19-/m0/s1. The van der Waals surface area contributed by atoms with Crippen LogP contribution in [0.2, 0.25) is 0 Å². The van der Waals surface area contributed by atoms with Gasteiger partial charge in [-0.3, -0.25) is 9.59 Å². The van der Waals surface area contributed by atoms with Gasteiger partial charge in [0.1, 0.15) is 6.54 Å². The van der Waals surface area contributed by atoms with E-state index in [0.717, 1.165) is 16.0 Å². The molecule has 0 aliphatic rings. The summed E-state index contributed by atoms with van der Waals surface area (Å²) in [6.45, 7) is 2.15. The highest BCUT2D eigenvalue weighted by Gasteiger charge is 2.20. The molecule has 0 radical (unpaired) electrons. The van der Waals surface area contributed by atoms with E-state index in [0.29, 0.717) is 13.0 Å². The number of methoxy groups -OCH3 is 1. The Morgan fingerprint density at radius 2 is 1.85 bits per heavy atom. The van der Waals surface area contributed by atoms with Crippen LogP contribution in [0, 0.1) is 5.82 Å². The van der Waals surface area contributed by atoms with Crippen LogP contribution in [0.4, 0.5) is 4.39 Å². The van der Waals surface area contributed by atoms with Gasteiger partial charge in [-0.25, -0.2) is 4.39 Å². The largest absolute Gasteiger partial charge is 0.494 e. The number of ketones is 1. The Morgan fingerprint density at radius 3 is 2.44 bits per heavy atom. The Hall–Kier alpha value is -2.73. The lowest BCUT2D eigenvalue weighted by atomic mass is 10.0. The summed E-state index contributed by atoms with van der Waals surface area (Å²) in [7, 11) is 3.27. The lowest BCUT2D eigenvalue weighted by Gasteiger charge is -2.18. The number of halogens is 1. The molecular weight excluding hydrogens is 347 g/mol. The van der Waals surface area contributed by atoms with E-state index in [9.17, 15) is 14.0 Å². The lowest BCUT2D eigenvalue weighted by Crippen LogP contribution is -3.09. The first kappa shape index (κ1) is 20.6. The first-order valence-electron chi connectivity index (χ1n) is 8.86. The zero-order chi connectivity index (χ0) is 19.8. The summed E-state index contributed by atoms with van der Waals surface area (Å²) >= 11 is 0. The first-order valence-corrected chi connectivity index (χ1v) is 8.86. The molecule has 144 valence electrons. The number of carbonyl (C=O) groups is 2. The van der Waals surface area contributed by atoms with E-state index in [1.165, 1.54) is 20.1 Å². The Morgan fingerprint density at radius 1 is 1.15 bits per heavy atom. The Kier molecular flexibility index (Phi) is 7.49.